The molecule has 0 aliphatic carbocycles. The fourth-order valence-electron chi connectivity index (χ4n) is 3.51. The summed E-state index contributed by atoms with van der Waals surface area (Å²) in [4.78, 5) is 8.52. The lowest BCUT2D eigenvalue weighted by molar-refractivity contribution is 0.112. The number of hydrogen-bond donors (Lipinski definition) is 1. The van der Waals surface area contributed by atoms with Crippen LogP contribution < -0.4 is 0 Å². The fraction of sp³-hybridized carbons (Fsp3) is 0.529. The van der Waals surface area contributed by atoms with Crippen molar-refractivity contribution >= 4 is 16.3 Å². The zero-order valence-corrected chi connectivity index (χ0v) is 14.8. The number of thiazole rings is 1. The standard InChI is InChI=1S/C17H22N4O2S/c1-3-13-18-17-21(19-13)16(22)15(24-17)14(12-8-6-10-23-12)20-9-5-4-7-11(20)2/h6,8,10-11,14,22H,3-5,7,9H2,1-2H3. The molecule has 0 amide bonds. The molecule has 3 aromatic heterocycles. The van der Waals surface area contributed by atoms with Crippen molar-refractivity contribution in [3.63, 3.8) is 0 Å². The van der Waals surface area contributed by atoms with E-state index in [0.29, 0.717) is 6.04 Å². The van der Waals surface area contributed by atoms with Crippen molar-refractivity contribution in [3.05, 3.63) is 34.9 Å². The molecule has 6 nitrogen and oxygen atoms in total. The van der Waals surface area contributed by atoms with Gasteiger partial charge >= 0.3 is 0 Å². The van der Waals surface area contributed by atoms with Crippen LogP contribution in [-0.2, 0) is 6.42 Å². The molecule has 4 rings (SSSR count). The molecule has 128 valence electrons. The van der Waals surface area contributed by atoms with Gasteiger partial charge in [0.05, 0.1) is 11.1 Å². The van der Waals surface area contributed by atoms with Crippen LogP contribution in [0.25, 0.3) is 4.96 Å². The van der Waals surface area contributed by atoms with Gasteiger partial charge in [-0.15, -0.1) is 5.10 Å². The van der Waals surface area contributed by atoms with Gasteiger partial charge in [0, 0.05) is 12.5 Å². The van der Waals surface area contributed by atoms with Crippen LogP contribution >= 0.6 is 11.3 Å². The SMILES string of the molecule is CCc1nc2sc(C(c3ccco3)N3CCCCC3C)c(O)n2n1. The summed E-state index contributed by atoms with van der Waals surface area (Å²) in [6, 6.07) is 4.24. The van der Waals surface area contributed by atoms with E-state index in [9.17, 15) is 5.11 Å². The summed E-state index contributed by atoms with van der Waals surface area (Å²) in [5.74, 6) is 1.80. The molecular formula is C17H22N4O2S. The Labute approximate surface area is 144 Å². The molecule has 1 aliphatic rings. The summed E-state index contributed by atoms with van der Waals surface area (Å²) in [5.41, 5.74) is 0. The molecule has 24 heavy (non-hydrogen) atoms. The molecule has 0 aromatic carbocycles. The van der Waals surface area contributed by atoms with Crippen LogP contribution in [0.5, 0.6) is 5.88 Å². The highest BCUT2D eigenvalue weighted by Crippen LogP contribution is 2.42. The summed E-state index contributed by atoms with van der Waals surface area (Å²) < 4.78 is 7.29. The maximum atomic E-state index is 10.8. The highest BCUT2D eigenvalue weighted by atomic mass is 32.1. The minimum atomic E-state index is -0.0890. The highest BCUT2D eigenvalue weighted by Gasteiger charge is 2.34. The number of likely N-dealkylation sites (tertiary alicyclic amines) is 1. The van der Waals surface area contributed by atoms with Gasteiger partial charge in [-0.3, -0.25) is 4.90 Å². The molecule has 1 aliphatic heterocycles. The van der Waals surface area contributed by atoms with Crippen LogP contribution in [-0.4, -0.2) is 37.2 Å². The van der Waals surface area contributed by atoms with E-state index >= 15 is 0 Å². The Bertz CT molecular complexity index is 823. The van der Waals surface area contributed by atoms with E-state index in [1.54, 1.807) is 10.8 Å². The molecule has 3 aromatic rings. The number of aromatic hydroxyl groups is 1. The first kappa shape index (κ1) is 15.7. The van der Waals surface area contributed by atoms with E-state index in [4.69, 9.17) is 4.42 Å². The van der Waals surface area contributed by atoms with Crippen molar-refractivity contribution in [2.24, 2.45) is 0 Å². The molecule has 2 unspecified atom stereocenters. The number of aromatic nitrogens is 3. The van der Waals surface area contributed by atoms with Gasteiger partial charge in [-0.2, -0.15) is 4.52 Å². The number of aryl methyl sites for hydroxylation is 1. The quantitative estimate of drug-likeness (QED) is 0.781. The molecule has 0 saturated carbocycles. The Hall–Kier alpha value is -1.86. The molecule has 1 N–H and O–H groups in total. The van der Waals surface area contributed by atoms with Crippen molar-refractivity contribution in [2.75, 3.05) is 6.54 Å². The van der Waals surface area contributed by atoms with Gasteiger partial charge in [0.15, 0.2) is 5.82 Å². The minimum Gasteiger partial charge on any atom is -0.492 e. The van der Waals surface area contributed by atoms with E-state index in [2.05, 4.69) is 21.9 Å². The smallest absolute Gasteiger partial charge is 0.230 e. The second kappa shape index (κ2) is 6.22. The molecule has 7 heteroatoms. The third-order valence-corrected chi connectivity index (χ3v) is 5.88. The molecule has 1 saturated heterocycles. The maximum absolute atomic E-state index is 10.8. The van der Waals surface area contributed by atoms with E-state index in [1.807, 2.05) is 19.1 Å². The van der Waals surface area contributed by atoms with Crippen molar-refractivity contribution in [1.82, 2.24) is 19.5 Å². The third kappa shape index (κ3) is 2.52. The molecule has 4 heterocycles. The van der Waals surface area contributed by atoms with Gasteiger partial charge in [-0.1, -0.05) is 24.7 Å². The number of furan rings is 1. The second-order valence-electron chi connectivity index (χ2n) is 6.37. The average Bonchev–Trinajstić information content (AvgIpc) is 3.29. The first-order chi connectivity index (χ1) is 11.7. The predicted octanol–water partition coefficient (Wildman–Crippen LogP) is 3.62. The Morgan fingerprint density at radius 1 is 1.46 bits per heavy atom. The average molecular weight is 346 g/mol. The fourth-order valence-corrected chi connectivity index (χ4v) is 4.62. The van der Waals surface area contributed by atoms with E-state index in [0.717, 1.165) is 34.4 Å². The molecule has 2 atom stereocenters. The van der Waals surface area contributed by atoms with Crippen LogP contribution in [0.2, 0.25) is 0 Å². The lowest BCUT2D eigenvalue weighted by Crippen LogP contribution is -2.40. The zero-order valence-electron chi connectivity index (χ0n) is 14.0. The number of hydrogen-bond acceptors (Lipinski definition) is 6. The lowest BCUT2D eigenvalue weighted by Gasteiger charge is -2.38. The Kier molecular flexibility index (Phi) is 4.05. The summed E-state index contributed by atoms with van der Waals surface area (Å²) in [6.07, 6.45) is 6.04. The molecule has 0 spiro atoms. The third-order valence-electron chi connectivity index (χ3n) is 4.81. The van der Waals surface area contributed by atoms with Gasteiger partial charge in [0.2, 0.25) is 10.8 Å². The normalized spacial score (nSPS) is 20.7. The Morgan fingerprint density at radius 2 is 2.33 bits per heavy atom. The van der Waals surface area contributed by atoms with Crippen LogP contribution in [0, 0.1) is 0 Å². The van der Waals surface area contributed by atoms with Crippen LogP contribution in [0.4, 0.5) is 0 Å². The summed E-state index contributed by atoms with van der Waals surface area (Å²) >= 11 is 1.50. The first-order valence-electron chi connectivity index (χ1n) is 8.55. The molecule has 0 radical (unpaired) electrons. The van der Waals surface area contributed by atoms with E-state index < -0.39 is 0 Å². The Balaban J connectivity index is 1.81. The van der Waals surface area contributed by atoms with E-state index in [1.165, 1.54) is 30.6 Å². The van der Waals surface area contributed by atoms with Crippen molar-refractivity contribution in [3.8, 4) is 5.88 Å². The zero-order chi connectivity index (χ0) is 16.7. The van der Waals surface area contributed by atoms with Crippen molar-refractivity contribution < 1.29 is 9.52 Å². The summed E-state index contributed by atoms with van der Waals surface area (Å²) in [7, 11) is 0. The van der Waals surface area contributed by atoms with Crippen LogP contribution in [0.3, 0.4) is 0 Å². The Morgan fingerprint density at radius 3 is 3.00 bits per heavy atom. The van der Waals surface area contributed by atoms with Crippen LogP contribution in [0.1, 0.15) is 55.6 Å². The van der Waals surface area contributed by atoms with Gasteiger partial charge in [0.1, 0.15) is 11.8 Å². The van der Waals surface area contributed by atoms with E-state index in [-0.39, 0.29) is 11.9 Å². The summed E-state index contributed by atoms with van der Waals surface area (Å²) in [5, 5.41) is 15.2. The topological polar surface area (TPSA) is 66.8 Å². The molecule has 1 fully saturated rings. The highest BCUT2D eigenvalue weighted by molar-refractivity contribution is 7.17. The van der Waals surface area contributed by atoms with Crippen LogP contribution in [0.15, 0.2) is 22.8 Å². The van der Waals surface area contributed by atoms with Gasteiger partial charge in [0.25, 0.3) is 0 Å². The number of nitrogens with zero attached hydrogens (tertiary/aromatic N) is 4. The second-order valence-corrected chi connectivity index (χ2v) is 7.38. The first-order valence-corrected chi connectivity index (χ1v) is 9.37. The number of fused-ring (bicyclic) bond motifs is 1. The van der Waals surface area contributed by atoms with Crippen molar-refractivity contribution in [1.29, 1.82) is 0 Å². The maximum Gasteiger partial charge on any atom is 0.230 e. The predicted molar refractivity (Wildman–Crippen MR) is 92.5 cm³/mol. The summed E-state index contributed by atoms with van der Waals surface area (Å²) in [6.45, 7) is 5.26. The molecule has 0 bridgehead atoms. The number of rotatable bonds is 4. The largest absolute Gasteiger partial charge is 0.492 e. The van der Waals surface area contributed by atoms with Crippen molar-refractivity contribution in [2.45, 2.75) is 51.6 Å². The van der Waals surface area contributed by atoms with Gasteiger partial charge in [-0.25, -0.2) is 4.98 Å². The monoisotopic (exact) mass is 346 g/mol. The van der Waals surface area contributed by atoms with Gasteiger partial charge < -0.3 is 9.52 Å². The number of piperidine rings is 1. The lowest BCUT2D eigenvalue weighted by atomic mass is 9.99. The molecular weight excluding hydrogens is 324 g/mol. The minimum absolute atomic E-state index is 0.0890. The van der Waals surface area contributed by atoms with Gasteiger partial charge in [-0.05, 0) is 38.4 Å².